The summed E-state index contributed by atoms with van der Waals surface area (Å²) >= 11 is 0. The fourth-order valence-electron chi connectivity index (χ4n) is 2.51. The van der Waals surface area contributed by atoms with E-state index in [2.05, 4.69) is 10.6 Å². The van der Waals surface area contributed by atoms with Gasteiger partial charge in [0.25, 0.3) is 11.8 Å². The molecular formula is C23H22N2O5. The van der Waals surface area contributed by atoms with E-state index in [1.54, 1.807) is 36.4 Å². The SMILES string of the molecule is Cc1ccc(NC(=O)COc2ccc(OCC(=O)Nc3ccc(O)cc3)cc2)cc1. The second kappa shape index (κ2) is 9.97. The maximum Gasteiger partial charge on any atom is 0.262 e. The van der Waals surface area contributed by atoms with Crippen LogP contribution in [0, 0.1) is 6.92 Å². The molecule has 0 aliphatic heterocycles. The molecule has 0 saturated heterocycles. The van der Waals surface area contributed by atoms with Gasteiger partial charge in [-0.05, 0) is 67.6 Å². The van der Waals surface area contributed by atoms with E-state index < -0.39 is 0 Å². The van der Waals surface area contributed by atoms with Crippen molar-refractivity contribution in [3.8, 4) is 17.2 Å². The van der Waals surface area contributed by atoms with Crippen LogP contribution < -0.4 is 20.1 Å². The Hall–Kier alpha value is -4.00. The zero-order chi connectivity index (χ0) is 21.3. The molecule has 0 aliphatic rings. The summed E-state index contributed by atoms with van der Waals surface area (Å²) < 4.78 is 10.9. The van der Waals surface area contributed by atoms with E-state index in [9.17, 15) is 14.7 Å². The average molecular weight is 406 g/mol. The van der Waals surface area contributed by atoms with Crippen LogP contribution in [0.3, 0.4) is 0 Å². The van der Waals surface area contributed by atoms with E-state index in [0.717, 1.165) is 5.56 Å². The summed E-state index contributed by atoms with van der Waals surface area (Å²) in [5, 5.41) is 14.7. The number of anilines is 2. The number of rotatable bonds is 8. The zero-order valence-corrected chi connectivity index (χ0v) is 16.4. The molecule has 0 aromatic heterocycles. The normalized spacial score (nSPS) is 10.2. The van der Waals surface area contributed by atoms with Gasteiger partial charge >= 0.3 is 0 Å². The second-order valence-corrected chi connectivity index (χ2v) is 6.56. The number of carbonyl (C=O) groups is 2. The molecule has 0 bridgehead atoms. The molecule has 154 valence electrons. The highest BCUT2D eigenvalue weighted by Gasteiger charge is 2.06. The van der Waals surface area contributed by atoms with Crippen molar-refractivity contribution in [2.75, 3.05) is 23.8 Å². The summed E-state index contributed by atoms with van der Waals surface area (Å²) in [4.78, 5) is 23.9. The Morgan fingerprint density at radius 2 is 1.10 bits per heavy atom. The van der Waals surface area contributed by atoms with Crippen LogP contribution in [0.25, 0.3) is 0 Å². The fraction of sp³-hybridized carbons (Fsp3) is 0.130. The topological polar surface area (TPSA) is 96.9 Å². The van der Waals surface area contributed by atoms with Crippen LogP contribution in [0.1, 0.15) is 5.56 Å². The minimum atomic E-state index is -0.325. The monoisotopic (exact) mass is 406 g/mol. The maximum atomic E-state index is 12.0. The number of hydrogen-bond acceptors (Lipinski definition) is 5. The van der Waals surface area contributed by atoms with Crippen LogP contribution in [-0.2, 0) is 9.59 Å². The van der Waals surface area contributed by atoms with Gasteiger partial charge in [0.15, 0.2) is 13.2 Å². The van der Waals surface area contributed by atoms with Gasteiger partial charge in [-0.25, -0.2) is 0 Å². The predicted molar refractivity (Wildman–Crippen MR) is 114 cm³/mol. The first kappa shape index (κ1) is 20.7. The van der Waals surface area contributed by atoms with E-state index in [-0.39, 0.29) is 30.8 Å². The summed E-state index contributed by atoms with van der Waals surface area (Å²) in [6, 6.07) is 20.3. The third kappa shape index (κ3) is 6.56. The third-order valence-electron chi connectivity index (χ3n) is 4.05. The van der Waals surface area contributed by atoms with Gasteiger partial charge in [0.05, 0.1) is 0 Å². The summed E-state index contributed by atoms with van der Waals surface area (Å²) in [7, 11) is 0. The first-order valence-corrected chi connectivity index (χ1v) is 9.29. The van der Waals surface area contributed by atoms with E-state index in [1.807, 2.05) is 31.2 Å². The Bertz CT molecular complexity index is 901. The number of aryl methyl sites for hydroxylation is 1. The minimum Gasteiger partial charge on any atom is -0.508 e. The van der Waals surface area contributed by atoms with Gasteiger partial charge in [-0.3, -0.25) is 9.59 Å². The molecule has 3 aromatic carbocycles. The molecule has 0 radical (unpaired) electrons. The Morgan fingerprint density at radius 3 is 1.53 bits per heavy atom. The van der Waals surface area contributed by atoms with Gasteiger partial charge in [-0.1, -0.05) is 17.7 Å². The van der Waals surface area contributed by atoms with Crippen molar-refractivity contribution in [1.29, 1.82) is 0 Å². The fourth-order valence-corrected chi connectivity index (χ4v) is 2.51. The van der Waals surface area contributed by atoms with Crippen molar-refractivity contribution in [2.24, 2.45) is 0 Å². The van der Waals surface area contributed by atoms with E-state index in [4.69, 9.17) is 9.47 Å². The van der Waals surface area contributed by atoms with Crippen molar-refractivity contribution in [2.45, 2.75) is 6.92 Å². The maximum absolute atomic E-state index is 12.0. The molecule has 0 unspecified atom stereocenters. The lowest BCUT2D eigenvalue weighted by atomic mass is 10.2. The summed E-state index contributed by atoms with van der Waals surface area (Å²) in [6.07, 6.45) is 0. The molecule has 0 fully saturated rings. The molecule has 0 saturated carbocycles. The Morgan fingerprint density at radius 1 is 0.700 bits per heavy atom. The molecule has 3 N–H and O–H groups in total. The van der Waals surface area contributed by atoms with Crippen LogP contribution in [-0.4, -0.2) is 30.1 Å². The van der Waals surface area contributed by atoms with Crippen LogP contribution in [0.15, 0.2) is 72.8 Å². The number of phenols is 1. The highest BCUT2D eigenvalue weighted by molar-refractivity contribution is 5.92. The van der Waals surface area contributed by atoms with Crippen LogP contribution >= 0.6 is 0 Å². The molecule has 2 amide bonds. The molecule has 7 heteroatoms. The van der Waals surface area contributed by atoms with Gasteiger partial charge in [0.1, 0.15) is 17.2 Å². The van der Waals surface area contributed by atoms with E-state index in [1.165, 1.54) is 12.1 Å². The number of nitrogens with one attached hydrogen (secondary N) is 2. The highest BCUT2D eigenvalue weighted by atomic mass is 16.5. The summed E-state index contributed by atoms with van der Waals surface area (Å²) in [5.74, 6) is 0.542. The average Bonchev–Trinajstić information content (AvgIpc) is 2.75. The summed E-state index contributed by atoms with van der Waals surface area (Å²) in [5.41, 5.74) is 2.39. The quantitative estimate of drug-likeness (QED) is 0.495. The molecule has 30 heavy (non-hydrogen) atoms. The smallest absolute Gasteiger partial charge is 0.262 e. The van der Waals surface area contributed by atoms with Crippen molar-refractivity contribution in [1.82, 2.24) is 0 Å². The zero-order valence-electron chi connectivity index (χ0n) is 16.4. The van der Waals surface area contributed by atoms with Crippen LogP contribution in [0.5, 0.6) is 17.2 Å². The molecule has 0 atom stereocenters. The number of carbonyl (C=O) groups excluding carboxylic acids is 2. The van der Waals surface area contributed by atoms with E-state index in [0.29, 0.717) is 22.9 Å². The largest absolute Gasteiger partial charge is 0.508 e. The predicted octanol–water partition coefficient (Wildman–Crippen LogP) is 3.74. The lowest BCUT2D eigenvalue weighted by Gasteiger charge is -2.10. The van der Waals surface area contributed by atoms with Gasteiger partial charge in [0, 0.05) is 11.4 Å². The Balaban J connectivity index is 1.40. The Kier molecular flexibility index (Phi) is 6.89. The van der Waals surface area contributed by atoms with Crippen LogP contribution in [0.4, 0.5) is 11.4 Å². The highest BCUT2D eigenvalue weighted by Crippen LogP contribution is 2.18. The molecule has 0 aliphatic carbocycles. The first-order chi connectivity index (χ1) is 14.5. The number of aromatic hydroxyl groups is 1. The summed E-state index contributed by atoms with van der Waals surface area (Å²) in [6.45, 7) is 1.69. The molecule has 7 nitrogen and oxygen atoms in total. The second-order valence-electron chi connectivity index (χ2n) is 6.56. The van der Waals surface area contributed by atoms with Crippen molar-refractivity contribution < 1.29 is 24.2 Å². The number of phenolic OH excluding ortho intramolecular Hbond substituents is 1. The van der Waals surface area contributed by atoms with Gasteiger partial charge in [-0.15, -0.1) is 0 Å². The molecule has 0 spiro atoms. The van der Waals surface area contributed by atoms with Crippen molar-refractivity contribution >= 4 is 23.2 Å². The molecular weight excluding hydrogens is 384 g/mol. The van der Waals surface area contributed by atoms with Crippen LogP contribution in [0.2, 0.25) is 0 Å². The number of benzene rings is 3. The molecule has 3 rings (SSSR count). The van der Waals surface area contributed by atoms with Gasteiger partial charge in [0.2, 0.25) is 0 Å². The van der Waals surface area contributed by atoms with Crippen molar-refractivity contribution in [3.05, 3.63) is 78.4 Å². The lowest BCUT2D eigenvalue weighted by molar-refractivity contribution is -0.118. The number of amides is 2. The standard InChI is InChI=1S/C23H22N2O5/c1-16-2-4-17(5-3-16)24-22(27)14-29-20-10-12-21(13-11-20)30-15-23(28)25-18-6-8-19(26)9-7-18/h2-13,26H,14-15H2,1H3,(H,24,27)(H,25,28). The van der Waals surface area contributed by atoms with Gasteiger partial charge < -0.3 is 25.2 Å². The van der Waals surface area contributed by atoms with E-state index >= 15 is 0 Å². The Labute approximate surface area is 174 Å². The molecule has 0 heterocycles. The third-order valence-corrected chi connectivity index (χ3v) is 4.05. The first-order valence-electron chi connectivity index (χ1n) is 9.29. The van der Waals surface area contributed by atoms with Gasteiger partial charge in [-0.2, -0.15) is 0 Å². The lowest BCUT2D eigenvalue weighted by Crippen LogP contribution is -2.20. The minimum absolute atomic E-state index is 0.122. The number of hydrogen-bond donors (Lipinski definition) is 3. The molecule has 3 aromatic rings. The number of ether oxygens (including phenoxy) is 2. The van der Waals surface area contributed by atoms with Crippen molar-refractivity contribution in [3.63, 3.8) is 0 Å².